The van der Waals surface area contributed by atoms with Crippen molar-refractivity contribution in [3.05, 3.63) is 65.6 Å². The summed E-state index contributed by atoms with van der Waals surface area (Å²) in [5.41, 5.74) is 3.65. The molecule has 0 bridgehead atoms. The molecule has 0 spiro atoms. The van der Waals surface area contributed by atoms with Gasteiger partial charge < -0.3 is 14.8 Å². The van der Waals surface area contributed by atoms with Gasteiger partial charge in [-0.1, -0.05) is 12.1 Å². The van der Waals surface area contributed by atoms with E-state index in [1.165, 1.54) is 0 Å². The standard InChI is InChI=1S/C16H15N3O2/c1-11-13(16(20)21)5-4-6-14(11)17-9-12-10-19-8-3-2-7-15(19)18-12/h2-8,10,17H,9H2,1H3,(H,20,21). The maximum absolute atomic E-state index is 11.1. The average Bonchev–Trinajstić information content (AvgIpc) is 2.88. The van der Waals surface area contributed by atoms with Crippen LogP contribution in [-0.2, 0) is 6.54 Å². The quantitative estimate of drug-likeness (QED) is 0.771. The number of benzene rings is 1. The molecule has 0 unspecified atom stereocenters. The van der Waals surface area contributed by atoms with Gasteiger partial charge in [-0.25, -0.2) is 9.78 Å². The minimum Gasteiger partial charge on any atom is -0.478 e. The summed E-state index contributed by atoms with van der Waals surface area (Å²) in [6.45, 7) is 2.35. The molecule has 0 saturated carbocycles. The lowest BCUT2D eigenvalue weighted by atomic mass is 10.1. The molecule has 3 aromatic rings. The first-order valence-electron chi connectivity index (χ1n) is 6.64. The molecule has 0 aliphatic heterocycles. The van der Waals surface area contributed by atoms with E-state index in [-0.39, 0.29) is 0 Å². The predicted octanol–water partition coefficient (Wildman–Crippen LogP) is 2.95. The topological polar surface area (TPSA) is 66.6 Å². The molecule has 0 fully saturated rings. The third-order valence-electron chi connectivity index (χ3n) is 3.44. The van der Waals surface area contributed by atoms with Crippen LogP contribution in [0.25, 0.3) is 5.65 Å². The summed E-state index contributed by atoms with van der Waals surface area (Å²) >= 11 is 0. The van der Waals surface area contributed by atoms with Crippen LogP contribution in [0.5, 0.6) is 0 Å². The smallest absolute Gasteiger partial charge is 0.336 e. The van der Waals surface area contributed by atoms with E-state index < -0.39 is 5.97 Å². The van der Waals surface area contributed by atoms with Crippen LogP contribution in [0.1, 0.15) is 21.6 Å². The summed E-state index contributed by atoms with van der Waals surface area (Å²) in [5.74, 6) is -0.913. The Morgan fingerprint density at radius 2 is 2.14 bits per heavy atom. The fourth-order valence-corrected chi connectivity index (χ4v) is 2.32. The number of nitrogens with zero attached hydrogens (tertiary/aromatic N) is 2. The first kappa shape index (κ1) is 13.2. The molecule has 5 heteroatoms. The van der Waals surface area contributed by atoms with Crippen LogP contribution in [0.4, 0.5) is 5.69 Å². The second-order valence-electron chi connectivity index (χ2n) is 4.84. The highest BCUT2D eigenvalue weighted by molar-refractivity contribution is 5.91. The summed E-state index contributed by atoms with van der Waals surface area (Å²) in [6, 6.07) is 11.1. The number of rotatable bonds is 4. The SMILES string of the molecule is Cc1c(NCc2cn3ccccc3n2)cccc1C(=O)O. The summed E-state index contributed by atoms with van der Waals surface area (Å²) in [7, 11) is 0. The van der Waals surface area contributed by atoms with E-state index in [0.717, 1.165) is 22.6 Å². The van der Waals surface area contributed by atoms with Crippen molar-refractivity contribution in [1.29, 1.82) is 0 Å². The fraction of sp³-hybridized carbons (Fsp3) is 0.125. The summed E-state index contributed by atoms with van der Waals surface area (Å²) in [5, 5.41) is 12.4. The van der Waals surface area contributed by atoms with Crippen molar-refractivity contribution in [2.24, 2.45) is 0 Å². The van der Waals surface area contributed by atoms with Crippen molar-refractivity contribution < 1.29 is 9.90 Å². The maximum atomic E-state index is 11.1. The number of aromatic nitrogens is 2. The number of hydrogen-bond donors (Lipinski definition) is 2. The highest BCUT2D eigenvalue weighted by atomic mass is 16.4. The number of carbonyl (C=O) groups is 1. The van der Waals surface area contributed by atoms with Crippen molar-refractivity contribution >= 4 is 17.3 Å². The molecule has 1 aromatic carbocycles. The van der Waals surface area contributed by atoms with Crippen molar-refractivity contribution in [2.75, 3.05) is 5.32 Å². The minimum atomic E-state index is -0.913. The molecule has 106 valence electrons. The van der Waals surface area contributed by atoms with Crippen LogP contribution in [0, 0.1) is 6.92 Å². The molecule has 0 radical (unpaired) electrons. The average molecular weight is 281 g/mol. The van der Waals surface area contributed by atoms with Gasteiger partial charge in [-0.15, -0.1) is 0 Å². The van der Waals surface area contributed by atoms with E-state index in [0.29, 0.717) is 12.1 Å². The number of carboxylic acids is 1. The zero-order chi connectivity index (χ0) is 14.8. The second-order valence-corrected chi connectivity index (χ2v) is 4.84. The van der Waals surface area contributed by atoms with E-state index in [1.54, 1.807) is 19.1 Å². The number of nitrogens with one attached hydrogen (secondary N) is 1. The lowest BCUT2D eigenvalue weighted by Gasteiger charge is -2.10. The van der Waals surface area contributed by atoms with Gasteiger partial charge in [-0.05, 0) is 36.8 Å². The van der Waals surface area contributed by atoms with Crippen molar-refractivity contribution in [2.45, 2.75) is 13.5 Å². The monoisotopic (exact) mass is 281 g/mol. The number of hydrogen-bond acceptors (Lipinski definition) is 3. The Labute approximate surface area is 121 Å². The van der Waals surface area contributed by atoms with E-state index in [2.05, 4.69) is 10.3 Å². The molecule has 21 heavy (non-hydrogen) atoms. The highest BCUT2D eigenvalue weighted by Gasteiger charge is 2.10. The third kappa shape index (κ3) is 2.58. The molecule has 2 heterocycles. The number of fused-ring (bicyclic) bond motifs is 1. The van der Waals surface area contributed by atoms with Gasteiger partial charge in [-0.3, -0.25) is 0 Å². The minimum absolute atomic E-state index is 0.315. The summed E-state index contributed by atoms with van der Waals surface area (Å²) in [6.07, 6.45) is 3.90. The van der Waals surface area contributed by atoms with Crippen molar-refractivity contribution in [3.8, 4) is 0 Å². The Morgan fingerprint density at radius 1 is 1.29 bits per heavy atom. The zero-order valence-corrected chi connectivity index (χ0v) is 11.6. The molecule has 2 N–H and O–H groups in total. The van der Waals surface area contributed by atoms with Gasteiger partial charge in [0.25, 0.3) is 0 Å². The molecular weight excluding hydrogens is 266 g/mol. The number of imidazole rings is 1. The molecule has 0 aliphatic rings. The number of anilines is 1. The van der Waals surface area contributed by atoms with Gasteiger partial charge in [0.1, 0.15) is 5.65 Å². The molecule has 3 rings (SSSR count). The Balaban J connectivity index is 1.81. The molecule has 0 atom stereocenters. The van der Waals surface area contributed by atoms with E-state index in [9.17, 15) is 4.79 Å². The molecule has 5 nitrogen and oxygen atoms in total. The Hall–Kier alpha value is -2.82. The maximum Gasteiger partial charge on any atom is 0.336 e. The van der Waals surface area contributed by atoms with Gasteiger partial charge >= 0.3 is 5.97 Å². The lowest BCUT2D eigenvalue weighted by molar-refractivity contribution is 0.0696. The second kappa shape index (κ2) is 5.28. The molecule has 0 aliphatic carbocycles. The van der Waals surface area contributed by atoms with Gasteiger partial charge in [-0.2, -0.15) is 0 Å². The molecule has 0 saturated heterocycles. The largest absolute Gasteiger partial charge is 0.478 e. The lowest BCUT2D eigenvalue weighted by Crippen LogP contribution is -2.05. The van der Waals surface area contributed by atoms with Gasteiger partial charge in [0, 0.05) is 18.1 Å². The van der Waals surface area contributed by atoms with Crippen LogP contribution < -0.4 is 5.32 Å². The zero-order valence-electron chi connectivity index (χ0n) is 11.6. The van der Waals surface area contributed by atoms with Crippen molar-refractivity contribution in [3.63, 3.8) is 0 Å². The van der Waals surface area contributed by atoms with E-state index in [1.807, 2.05) is 41.1 Å². The summed E-state index contributed by atoms with van der Waals surface area (Å²) < 4.78 is 1.96. The van der Waals surface area contributed by atoms with E-state index in [4.69, 9.17) is 5.11 Å². The number of aromatic carboxylic acids is 1. The van der Waals surface area contributed by atoms with Crippen LogP contribution in [0.2, 0.25) is 0 Å². The van der Waals surface area contributed by atoms with E-state index >= 15 is 0 Å². The fourth-order valence-electron chi connectivity index (χ4n) is 2.32. The van der Waals surface area contributed by atoms with Gasteiger partial charge in [0.15, 0.2) is 0 Å². The highest BCUT2D eigenvalue weighted by Crippen LogP contribution is 2.19. The van der Waals surface area contributed by atoms with Crippen molar-refractivity contribution in [1.82, 2.24) is 9.38 Å². The third-order valence-corrected chi connectivity index (χ3v) is 3.44. The first-order chi connectivity index (χ1) is 10.1. The Morgan fingerprint density at radius 3 is 2.90 bits per heavy atom. The van der Waals surface area contributed by atoms with Crippen LogP contribution in [-0.4, -0.2) is 20.5 Å². The van der Waals surface area contributed by atoms with Gasteiger partial charge in [0.2, 0.25) is 0 Å². The Bertz CT molecular complexity index is 775. The molecule has 2 aromatic heterocycles. The number of pyridine rings is 1. The molecule has 0 amide bonds. The Kier molecular flexibility index (Phi) is 3.31. The van der Waals surface area contributed by atoms with Gasteiger partial charge in [0.05, 0.1) is 17.8 Å². The first-order valence-corrected chi connectivity index (χ1v) is 6.64. The molecular formula is C16H15N3O2. The summed E-state index contributed by atoms with van der Waals surface area (Å²) in [4.78, 5) is 15.6. The predicted molar refractivity (Wildman–Crippen MR) is 80.7 cm³/mol. The van der Waals surface area contributed by atoms with Crippen LogP contribution in [0.3, 0.4) is 0 Å². The van der Waals surface area contributed by atoms with Crippen LogP contribution in [0.15, 0.2) is 48.8 Å². The van der Waals surface area contributed by atoms with Crippen LogP contribution >= 0.6 is 0 Å². The normalized spacial score (nSPS) is 10.7. The number of carboxylic acid groups (broad SMARTS) is 1.